The van der Waals surface area contributed by atoms with Crippen molar-refractivity contribution < 1.29 is 8.83 Å². The van der Waals surface area contributed by atoms with E-state index in [-0.39, 0.29) is 12.1 Å². The van der Waals surface area contributed by atoms with E-state index in [2.05, 4.69) is 181 Å². The van der Waals surface area contributed by atoms with Gasteiger partial charge in [-0.25, -0.2) is 0 Å². The highest BCUT2D eigenvalue weighted by Gasteiger charge is 2.47. The molecule has 3 aliphatic rings. The zero-order chi connectivity index (χ0) is 36.9. The van der Waals surface area contributed by atoms with Crippen LogP contribution in [0.4, 0.5) is 34.1 Å². The topological polar surface area (TPSA) is 32.8 Å². The molecule has 0 amide bonds. The Bertz CT molecular complexity index is 3330. The molecule has 4 heterocycles. The molecule has 0 N–H and O–H groups in total. The standard InChI is InChI=1S/C51H33BN2O2/c1-51(2)35-18-6-3-15-30(35)33-29-34-31-16-4-11-26-43(31)56-50(34)49(47(33)51)54-39-22-10-8-20-37(39)52-36-19-7-9-21-38(36)53(41-24-13-25-42(54)48(41)52)40-23-14-28-45-46(40)32-17-5-12-27-44(32)55-45/h3-29H,1-2H3. The molecule has 1 aliphatic carbocycles. The molecule has 0 saturated heterocycles. The highest BCUT2D eigenvalue weighted by Crippen LogP contribution is 2.58. The molecular formula is C51H33BN2O2. The highest BCUT2D eigenvalue weighted by atomic mass is 16.3. The first-order valence-corrected chi connectivity index (χ1v) is 19.5. The molecule has 0 fully saturated rings. The Balaban J connectivity index is 1.17. The smallest absolute Gasteiger partial charge is 0.252 e. The molecule has 2 aliphatic heterocycles. The molecule has 0 atom stereocenters. The van der Waals surface area contributed by atoms with Gasteiger partial charge in [0, 0.05) is 44.3 Å². The summed E-state index contributed by atoms with van der Waals surface area (Å²) in [6.07, 6.45) is 0. The Morgan fingerprint density at radius 1 is 0.464 bits per heavy atom. The molecule has 5 heteroatoms. The Kier molecular flexibility index (Phi) is 5.76. The summed E-state index contributed by atoms with van der Waals surface area (Å²) in [6, 6.07) is 59.5. The summed E-state index contributed by atoms with van der Waals surface area (Å²) in [5.41, 5.74) is 19.3. The highest BCUT2D eigenvalue weighted by molar-refractivity contribution is 7.00. The SMILES string of the molecule is CC1(C)c2ccccc2-c2cc3c(oc4ccccc43)c(N3c4ccccc4B4c5ccccc5N(c5cccc6oc7ccccc7c56)c5cccc3c54)c21. The number of fused-ring (bicyclic) bond motifs is 13. The predicted molar refractivity (Wildman–Crippen MR) is 233 cm³/mol. The summed E-state index contributed by atoms with van der Waals surface area (Å²) in [6.45, 7) is 4.78. The third-order valence-electron chi connectivity index (χ3n) is 12.8. The quantitative estimate of drug-likeness (QED) is 0.167. The van der Waals surface area contributed by atoms with E-state index in [4.69, 9.17) is 8.83 Å². The second-order valence-corrected chi connectivity index (χ2v) is 16.0. The van der Waals surface area contributed by atoms with Crippen molar-refractivity contribution in [1.82, 2.24) is 0 Å². The lowest BCUT2D eigenvalue weighted by molar-refractivity contribution is 0.648. The predicted octanol–water partition coefficient (Wildman–Crippen LogP) is 11.9. The van der Waals surface area contributed by atoms with Gasteiger partial charge in [0.15, 0.2) is 5.58 Å². The van der Waals surface area contributed by atoms with Crippen molar-refractivity contribution in [3.63, 3.8) is 0 Å². The molecule has 262 valence electrons. The number of nitrogens with zero attached hydrogens (tertiary/aromatic N) is 2. The van der Waals surface area contributed by atoms with Crippen LogP contribution in [-0.2, 0) is 5.41 Å². The molecule has 13 rings (SSSR count). The van der Waals surface area contributed by atoms with E-state index < -0.39 is 0 Å². The third-order valence-corrected chi connectivity index (χ3v) is 12.8. The zero-order valence-electron chi connectivity index (χ0n) is 30.9. The van der Waals surface area contributed by atoms with Crippen LogP contribution in [0.15, 0.2) is 173 Å². The molecule has 0 saturated carbocycles. The molecule has 0 radical (unpaired) electrons. The second kappa shape index (κ2) is 10.6. The maximum Gasteiger partial charge on any atom is 0.252 e. The van der Waals surface area contributed by atoms with E-state index in [1.54, 1.807) is 0 Å². The maximum atomic E-state index is 7.05. The molecule has 0 unspecified atom stereocenters. The van der Waals surface area contributed by atoms with Gasteiger partial charge in [0.2, 0.25) is 0 Å². The molecule has 10 aromatic rings. The minimum absolute atomic E-state index is 0.0227. The van der Waals surface area contributed by atoms with Crippen molar-refractivity contribution in [2.24, 2.45) is 0 Å². The number of rotatable bonds is 2. The van der Waals surface area contributed by atoms with E-state index in [9.17, 15) is 0 Å². The molecule has 2 aromatic heterocycles. The van der Waals surface area contributed by atoms with E-state index in [1.165, 1.54) is 55.7 Å². The average Bonchev–Trinajstić information content (AvgIpc) is 3.88. The Morgan fingerprint density at radius 3 is 1.84 bits per heavy atom. The van der Waals surface area contributed by atoms with Crippen molar-refractivity contribution in [1.29, 1.82) is 0 Å². The minimum atomic E-state index is -0.286. The van der Waals surface area contributed by atoms with Crippen LogP contribution in [0.25, 0.3) is 55.0 Å². The summed E-state index contributed by atoms with van der Waals surface area (Å²) in [5.74, 6) is 0. The van der Waals surface area contributed by atoms with Crippen LogP contribution in [0.5, 0.6) is 0 Å². The average molecular weight is 717 g/mol. The van der Waals surface area contributed by atoms with Gasteiger partial charge in [0.25, 0.3) is 6.71 Å². The van der Waals surface area contributed by atoms with Gasteiger partial charge in [-0.2, -0.15) is 0 Å². The Morgan fingerprint density at radius 2 is 1.04 bits per heavy atom. The van der Waals surface area contributed by atoms with E-state index in [0.717, 1.165) is 60.9 Å². The largest absolute Gasteiger partial charge is 0.456 e. The Hall–Kier alpha value is -6.98. The van der Waals surface area contributed by atoms with E-state index in [0.29, 0.717) is 0 Å². The first-order valence-electron chi connectivity index (χ1n) is 19.5. The summed E-state index contributed by atoms with van der Waals surface area (Å²) in [5, 5.41) is 4.50. The summed E-state index contributed by atoms with van der Waals surface area (Å²) in [7, 11) is 0. The van der Waals surface area contributed by atoms with Crippen molar-refractivity contribution in [3.8, 4) is 11.1 Å². The monoisotopic (exact) mass is 716 g/mol. The normalized spacial score (nSPS) is 14.6. The lowest BCUT2D eigenvalue weighted by Crippen LogP contribution is -2.61. The fraction of sp³-hybridized carbons (Fsp3) is 0.0588. The van der Waals surface area contributed by atoms with Crippen LogP contribution in [-0.4, -0.2) is 6.71 Å². The summed E-state index contributed by atoms with van der Waals surface area (Å²) < 4.78 is 13.5. The van der Waals surface area contributed by atoms with Gasteiger partial charge in [0.1, 0.15) is 16.7 Å². The summed E-state index contributed by atoms with van der Waals surface area (Å²) >= 11 is 0. The minimum Gasteiger partial charge on any atom is -0.456 e. The zero-order valence-corrected chi connectivity index (χ0v) is 30.9. The van der Waals surface area contributed by atoms with Gasteiger partial charge in [0.05, 0.1) is 16.8 Å². The molecule has 8 aromatic carbocycles. The Labute approximate surface area is 323 Å². The fourth-order valence-electron chi connectivity index (χ4n) is 10.6. The van der Waals surface area contributed by atoms with Gasteiger partial charge in [-0.05, 0) is 93.2 Å². The summed E-state index contributed by atoms with van der Waals surface area (Å²) in [4.78, 5) is 5.02. The lowest BCUT2D eigenvalue weighted by Gasteiger charge is -2.44. The number of furan rings is 2. The molecule has 4 nitrogen and oxygen atoms in total. The second-order valence-electron chi connectivity index (χ2n) is 16.0. The third kappa shape index (κ3) is 3.70. The first kappa shape index (κ1) is 30.4. The molecular weight excluding hydrogens is 683 g/mol. The van der Waals surface area contributed by atoms with Crippen LogP contribution in [0, 0.1) is 0 Å². The van der Waals surface area contributed by atoms with Crippen molar-refractivity contribution in [3.05, 3.63) is 175 Å². The lowest BCUT2D eigenvalue weighted by atomic mass is 9.33. The molecule has 0 spiro atoms. The van der Waals surface area contributed by atoms with Gasteiger partial charge >= 0.3 is 0 Å². The van der Waals surface area contributed by atoms with Crippen LogP contribution in [0.1, 0.15) is 25.0 Å². The number of benzene rings is 8. The number of hydrogen-bond acceptors (Lipinski definition) is 4. The van der Waals surface area contributed by atoms with E-state index >= 15 is 0 Å². The fourth-order valence-corrected chi connectivity index (χ4v) is 10.6. The first-order chi connectivity index (χ1) is 27.6. The van der Waals surface area contributed by atoms with Crippen LogP contribution in [0.2, 0.25) is 0 Å². The van der Waals surface area contributed by atoms with E-state index in [1.807, 2.05) is 6.07 Å². The maximum absolute atomic E-state index is 7.05. The van der Waals surface area contributed by atoms with Gasteiger partial charge < -0.3 is 18.6 Å². The molecule has 0 bridgehead atoms. The number of para-hydroxylation sites is 4. The van der Waals surface area contributed by atoms with Gasteiger partial charge in [-0.15, -0.1) is 0 Å². The molecule has 56 heavy (non-hydrogen) atoms. The van der Waals surface area contributed by atoms with Crippen molar-refractivity contribution in [2.75, 3.05) is 9.80 Å². The van der Waals surface area contributed by atoms with Crippen LogP contribution >= 0.6 is 0 Å². The van der Waals surface area contributed by atoms with Crippen LogP contribution < -0.4 is 26.2 Å². The van der Waals surface area contributed by atoms with Gasteiger partial charge in [-0.3, -0.25) is 0 Å². The van der Waals surface area contributed by atoms with Crippen molar-refractivity contribution >= 4 is 101 Å². The van der Waals surface area contributed by atoms with Gasteiger partial charge in [-0.1, -0.05) is 123 Å². The number of anilines is 6. The number of hydrogen-bond donors (Lipinski definition) is 0. The van der Waals surface area contributed by atoms with Crippen molar-refractivity contribution in [2.45, 2.75) is 19.3 Å². The van der Waals surface area contributed by atoms with Crippen LogP contribution in [0.3, 0.4) is 0 Å².